The molecule has 0 bridgehead atoms. The minimum atomic E-state index is -0.289. The first-order valence-electron chi connectivity index (χ1n) is 6.75. The van der Waals surface area contributed by atoms with Crippen molar-refractivity contribution in [1.29, 1.82) is 5.26 Å². The van der Waals surface area contributed by atoms with E-state index in [1.807, 2.05) is 17.5 Å². The van der Waals surface area contributed by atoms with Crippen LogP contribution in [0.2, 0.25) is 5.02 Å². The first-order valence-corrected chi connectivity index (χ1v) is 8.00. The Kier molecular flexibility index (Phi) is 4.52. The molecule has 0 atom stereocenters. The number of hydrogen-bond donors (Lipinski definition) is 0. The lowest BCUT2D eigenvalue weighted by molar-refractivity contribution is 0.628. The monoisotopic (exact) mass is 340 g/mol. The molecule has 3 rings (SSSR count). The molecule has 23 heavy (non-hydrogen) atoms. The zero-order chi connectivity index (χ0) is 16.2. The molecule has 3 aromatic rings. The summed E-state index contributed by atoms with van der Waals surface area (Å²) >= 11 is 7.33. The smallest absolute Gasteiger partial charge is 0.134 e. The topological polar surface area (TPSA) is 36.7 Å². The second kappa shape index (κ2) is 6.74. The lowest BCUT2D eigenvalue weighted by Crippen LogP contribution is -1.83. The number of benzene rings is 2. The van der Waals surface area contributed by atoms with Crippen molar-refractivity contribution in [2.24, 2.45) is 0 Å². The highest BCUT2D eigenvalue weighted by atomic mass is 35.5. The van der Waals surface area contributed by atoms with Crippen LogP contribution in [0.4, 0.5) is 4.39 Å². The molecular weight excluding hydrogens is 331 g/mol. The van der Waals surface area contributed by atoms with E-state index in [2.05, 4.69) is 11.1 Å². The third kappa shape index (κ3) is 3.65. The van der Waals surface area contributed by atoms with Gasteiger partial charge < -0.3 is 0 Å². The van der Waals surface area contributed by atoms with Crippen molar-refractivity contribution in [2.75, 3.05) is 0 Å². The van der Waals surface area contributed by atoms with E-state index in [9.17, 15) is 9.65 Å². The second-order valence-electron chi connectivity index (χ2n) is 4.77. The number of rotatable bonds is 3. The number of halogens is 2. The third-order valence-electron chi connectivity index (χ3n) is 3.15. The lowest BCUT2D eigenvalue weighted by Gasteiger charge is -1.97. The van der Waals surface area contributed by atoms with Gasteiger partial charge in [-0.3, -0.25) is 0 Å². The second-order valence-corrected chi connectivity index (χ2v) is 6.06. The minimum Gasteiger partial charge on any atom is -0.235 e. The Morgan fingerprint density at radius 1 is 1.22 bits per heavy atom. The highest BCUT2D eigenvalue weighted by molar-refractivity contribution is 7.11. The fourth-order valence-electron chi connectivity index (χ4n) is 2.06. The quantitative estimate of drug-likeness (QED) is 0.576. The van der Waals surface area contributed by atoms with Crippen LogP contribution in [0.25, 0.3) is 22.9 Å². The Morgan fingerprint density at radius 3 is 2.70 bits per heavy atom. The average molecular weight is 341 g/mol. The number of nitriles is 1. The summed E-state index contributed by atoms with van der Waals surface area (Å²) in [5, 5.41) is 12.5. The lowest BCUT2D eigenvalue weighted by atomic mass is 10.1. The van der Waals surface area contributed by atoms with Gasteiger partial charge in [0.15, 0.2) is 0 Å². The third-order valence-corrected chi connectivity index (χ3v) is 4.27. The van der Waals surface area contributed by atoms with Crippen LogP contribution in [0.5, 0.6) is 0 Å². The Morgan fingerprint density at radius 2 is 2.00 bits per heavy atom. The standard InChI is InChI=1S/C18H10ClFN2S/c19-15-3-1-2-12(9-15)8-14(10-21)18-22-17(11-23-18)13-4-6-16(20)7-5-13/h1-9,11H. The number of thiazole rings is 1. The molecule has 5 heteroatoms. The van der Waals surface area contributed by atoms with Crippen LogP contribution in [0, 0.1) is 17.1 Å². The summed E-state index contributed by atoms with van der Waals surface area (Å²) < 4.78 is 13.0. The molecular formula is C18H10ClFN2S. The molecule has 1 aromatic heterocycles. The fourth-order valence-corrected chi connectivity index (χ4v) is 3.05. The van der Waals surface area contributed by atoms with Crippen LogP contribution in [-0.4, -0.2) is 4.98 Å². The fraction of sp³-hybridized carbons (Fsp3) is 0. The molecule has 0 aliphatic heterocycles. The van der Waals surface area contributed by atoms with Crippen molar-refractivity contribution in [3.63, 3.8) is 0 Å². The summed E-state index contributed by atoms with van der Waals surface area (Å²) in [6, 6.07) is 15.5. The van der Waals surface area contributed by atoms with E-state index in [-0.39, 0.29) is 5.82 Å². The van der Waals surface area contributed by atoms with Gasteiger partial charge in [-0.15, -0.1) is 11.3 Å². The minimum absolute atomic E-state index is 0.289. The number of aromatic nitrogens is 1. The van der Waals surface area contributed by atoms with Crippen LogP contribution >= 0.6 is 22.9 Å². The van der Waals surface area contributed by atoms with Crippen LogP contribution < -0.4 is 0 Å². The van der Waals surface area contributed by atoms with Gasteiger partial charge in [-0.1, -0.05) is 23.7 Å². The van der Waals surface area contributed by atoms with E-state index in [1.165, 1.54) is 23.5 Å². The van der Waals surface area contributed by atoms with Crippen LogP contribution in [0.3, 0.4) is 0 Å². The SMILES string of the molecule is N#CC(=Cc1cccc(Cl)c1)c1nc(-c2ccc(F)cc2)cs1. The Balaban J connectivity index is 1.94. The normalized spacial score (nSPS) is 11.3. The highest BCUT2D eigenvalue weighted by Gasteiger charge is 2.09. The van der Waals surface area contributed by atoms with Crippen molar-refractivity contribution < 1.29 is 4.39 Å². The van der Waals surface area contributed by atoms with Gasteiger partial charge in [-0.05, 0) is 48.0 Å². The van der Waals surface area contributed by atoms with Gasteiger partial charge in [0.2, 0.25) is 0 Å². The number of hydrogen-bond acceptors (Lipinski definition) is 3. The molecule has 0 saturated heterocycles. The molecule has 1 heterocycles. The predicted molar refractivity (Wildman–Crippen MR) is 92.4 cm³/mol. The predicted octanol–water partition coefficient (Wildman–Crippen LogP) is 5.67. The first-order chi connectivity index (χ1) is 11.2. The molecule has 0 unspecified atom stereocenters. The largest absolute Gasteiger partial charge is 0.235 e. The Bertz CT molecular complexity index is 907. The van der Waals surface area contributed by atoms with Gasteiger partial charge in [-0.25, -0.2) is 9.37 Å². The molecule has 0 spiro atoms. The van der Waals surface area contributed by atoms with Crippen LogP contribution in [-0.2, 0) is 0 Å². The summed E-state index contributed by atoms with van der Waals surface area (Å²) in [6.45, 7) is 0. The van der Waals surface area contributed by atoms with Crippen molar-refractivity contribution >= 4 is 34.6 Å². The van der Waals surface area contributed by atoms with E-state index in [4.69, 9.17) is 11.6 Å². The number of allylic oxidation sites excluding steroid dienone is 1. The zero-order valence-electron chi connectivity index (χ0n) is 11.8. The van der Waals surface area contributed by atoms with Gasteiger partial charge in [-0.2, -0.15) is 5.26 Å². The van der Waals surface area contributed by atoms with Crippen molar-refractivity contribution in [1.82, 2.24) is 4.98 Å². The highest BCUT2D eigenvalue weighted by Crippen LogP contribution is 2.27. The van der Waals surface area contributed by atoms with Gasteiger partial charge >= 0.3 is 0 Å². The first kappa shape index (κ1) is 15.4. The number of nitrogens with zero attached hydrogens (tertiary/aromatic N) is 2. The maximum atomic E-state index is 13.0. The summed E-state index contributed by atoms with van der Waals surface area (Å²) in [5.74, 6) is -0.289. The van der Waals surface area contributed by atoms with Gasteiger partial charge in [0.05, 0.1) is 11.3 Å². The van der Waals surface area contributed by atoms with E-state index >= 15 is 0 Å². The molecule has 0 radical (unpaired) electrons. The van der Waals surface area contributed by atoms with E-state index in [0.717, 1.165) is 16.8 Å². The van der Waals surface area contributed by atoms with Gasteiger partial charge in [0, 0.05) is 16.0 Å². The maximum Gasteiger partial charge on any atom is 0.134 e. The van der Waals surface area contributed by atoms with Crippen molar-refractivity contribution in [3.8, 4) is 17.3 Å². The molecule has 0 fully saturated rings. The average Bonchev–Trinajstić information content (AvgIpc) is 3.03. The van der Waals surface area contributed by atoms with E-state index < -0.39 is 0 Å². The Labute approximate surface area is 142 Å². The maximum absolute atomic E-state index is 13.0. The Hall–Kier alpha value is -2.48. The summed E-state index contributed by atoms with van der Waals surface area (Å²) in [4.78, 5) is 4.47. The molecule has 0 N–H and O–H groups in total. The van der Waals surface area contributed by atoms with E-state index in [1.54, 1.807) is 30.3 Å². The zero-order valence-corrected chi connectivity index (χ0v) is 13.4. The summed E-state index contributed by atoms with van der Waals surface area (Å²) in [6.07, 6.45) is 1.75. The molecule has 112 valence electrons. The summed E-state index contributed by atoms with van der Waals surface area (Å²) in [5.41, 5.74) is 2.84. The van der Waals surface area contributed by atoms with Crippen molar-refractivity contribution in [2.45, 2.75) is 0 Å². The molecule has 0 aliphatic carbocycles. The van der Waals surface area contributed by atoms with Crippen LogP contribution in [0.1, 0.15) is 10.6 Å². The molecule has 2 nitrogen and oxygen atoms in total. The molecule has 0 amide bonds. The van der Waals surface area contributed by atoms with Crippen LogP contribution in [0.15, 0.2) is 53.9 Å². The van der Waals surface area contributed by atoms with E-state index in [0.29, 0.717) is 15.6 Å². The van der Waals surface area contributed by atoms with Gasteiger partial charge in [0.25, 0.3) is 0 Å². The molecule has 2 aromatic carbocycles. The molecule has 0 aliphatic rings. The van der Waals surface area contributed by atoms with Crippen molar-refractivity contribution in [3.05, 3.63) is 75.3 Å². The summed E-state index contributed by atoms with van der Waals surface area (Å²) in [7, 11) is 0. The van der Waals surface area contributed by atoms with Gasteiger partial charge in [0.1, 0.15) is 16.9 Å². The molecule has 0 saturated carbocycles.